The molecule has 7 nitrogen and oxygen atoms in total. The molecule has 3 amide bonds. The number of benzene rings is 1. The SMILES string of the molecule is CCCCNC(=O)[C@H]1CCCN(C(=O)[C@@H](NC(=O)OCc2ccccc2)C(C)C)C1. The molecule has 1 saturated heterocycles. The first-order valence-corrected chi connectivity index (χ1v) is 11.0. The molecule has 0 radical (unpaired) electrons. The highest BCUT2D eigenvalue weighted by atomic mass is 16.5. The van der Waals surface area contributed by atoms with Crippen molar-refractivity contribution in [2.24, 2.45) is 11.8 Å². The summed E-state index contributed by atoms with van der Waals surface area (Å²) in [5.41, 5.74) is 0.882. The fraction of sp³-hybridized carbons (Fsp3) is 0.609. The molecule has 2 rings (SSSR count). The quantitative estimate of drug-likeness (QED) is 0.605. The Hall–Kier alpha value is -2.57. The Bertz CT molecular complexity index is 693. The lowest BCUT2D eigenvalue weighted by Crippen LogP contribution is -2.54. The summed E-state index contributed by atoms with van der Waals surface area (Å²) in [5.74, 6) is -0.442. The number of piperidine rings is 1. The van der Waals surface area contributed by atoms with E-state index in [0.29, 0.717) is 19.6 Å². The number of nitrogens with one attached hydrogen (secondary N) is 2. The summed E-state index contributed by atoms with van der Waals surface area (Å²) < 4.78 is 5.28. The van der Waals surface area contributed by atoms with E-state index < -0.39 is 12.1 Å². The average Bonchev–Trinajstić information content (AvgIpc) is 2.76. The molecule has 30 heavy (non-hydrogen) atoms. The molecule has 0 saturated carbocycles. The zero-order chi connectivity index (χ0) is 21.9. The summed E-state index contributed by atoms with van der Waals surface area (Å²) in [7, 11) is 0. The summed E-state index contributed by atoms with van der Waals surface area (Å²) >= 11 is 0. The number of ether oxygens (including phenoxy) is 1. The summed E-state index contributed by atoms with van der Waals surface area (Å²) in [6, 6.07) is 8.71. The van der Waals surface area contributed by atoms with Crippen LogP contribution in [0.5, 0.6) is 0 Å². The van der Waals surface area contributed by atoms with Gasteiger partial charge in [0.25, 0.3) is 0 Å². The number of hydrogen-bond acceptors (Lipinski definition) is 4. The Morgan fingerprint density at radius 2 is 1.93 bits per heavy atom. The maximum atomic E-state index is 13.1. The van der Waals surface area contributed by atoms with Gasteiger partial charge in [0.05, 0.1) is 5.92 Å². The summed E-state index contributed by atoms with van der Waals surface area (Å²) in [6.45, 7) is 7.66. The molecular formula is C23H35N3O4. The molecule has 2 N–H and O–H groups in total. The van der Waals surface area contributed by atoms with Crippen molar-refractivity contribution in [2.45, 2.75) is 59.1 Å². The van der Waals surface area contributed by atoms with Gasteiger partial charge in [0.2, 0.25) is 11.8 Å². The second-order valence-corrected chi connectivity index (χ2v) is 8.20. The molecule has 0 aliphatic carbocycles. The smallest absolute Gasteiger partial charge is 0.408 e. The van der Waals surface area contributed by atoms with E-state index in [1.165, 1.54) is 0 Å². The standard InChI is InChI=1S/C23H35N3O4/c1-4-5-13-24-21(27)19-12-9-14-26(15-19)22(28)20(17(2)3)25-23(29)30-16-18-10-7-6-8-11-18/h6-8,10-11,17,19-20H,4-5,9,12-16H2,1-3H3,(H,24,27)(H,25,29)/t19-,20-/m0/s1. The van der Waals surface area contributed by atoms with Crippen LogP contribution in [-0.2, 0) is 20.9 Å². The van der Waals surface area contributed by atoms with Crippen molar-refractivity contribution >= 4 is 17.9 Å². The van der Waals surface area contributed by atoms with Crippen LogP contribution in [0.1, 0.15) is 52.0 Å². The number of hydrogen-bond donors (Lipinski definition) is 2. The number of nitrogens with zero attached hydrogens (tertiary/aromatic N) is 1. The molecular weight excluding hydrogens is 382 g/mol. The summed E-state index contributed by atoms with van der Waals surface area (Å²) in [5, 5.41) is 5.68. The number of unbranched alkanes of at least 4 members (excludes halogenated alkanes) is 1. The second-order valence-electron chi connectivity index (χ2n) is 8.20. The van der Waals surface area contributed by atoms with Gasteiger partial charge >= 0.3 is 6.09 Å². The van der Waals surface area contributed by atoms with Crippen molar-refractivity contribution in [1.29, 1.82) is 0 Å². The minimum atomic E-state index is -0.685. The lowest BCUT2D eigenvalue weighted by Gasteiger charge is -2.35. The van der Waals surface area contributed by atoms with Gasteiger partial charge in [-0.3, -0.25) is 9.59 Å². The van der Waals surface area contributed by atoms with Crippen molar-refractivity contribution in [1.82, 2.24) is 15.5 Å². The largest absolute Gasteiger partial charge is 0.445 e. The van der Waals surface area contributed by atoms with E-state index in [4.69, 9.17) is 4.74 Å². The van der Waals surface area contributed by atoms with Crippen LogP contribution >= 0.6 is 0 Å². The number of carbonyl (C=O) groups is 3. The van der Waals surface area contributed by atoms with Crippen molar-refractivity contribution in [2.75, 3.05) is 19.6 Å². The Morgan fingerprint density at radius 3 is 2.60 bits per heavy atom. The first-order chi connectivity index (χ1) is 14.4. The molecule has 0 unspecified atom stereocenters. The zero-order valence-corrected chi connectivity index (χ0v) is 18.4. The van der Waals surface area contributed by atoms with Crippen LogP contribution in [0.3, 0.4) is 0 Å². The van der Waals surface area contributed by atoms with E-state index in [9.17, 15) is 14.4 Å². The van der Waals surface area contributed by atoms with E-state index in [-0.39, 0.29) is 30.3 Å². The Labute approximate surface area is 179 Å². The first kappa shape index (κ1) is 23.7. The lowest BCUT2D eigenvalue weighted by molar-refractivity contribution is -0.138. The summed E-state index contributed by atoms with van der Waals surface area (Å²) in [6.07, 6.45) is 2.92. The van der Waals surface area contributed by atoms with Crippen molar-refractivity contribution in [3.8, 4) is 0 Å². The van der Waals surface area contributed by atoms with Crippen LogP contribution < -0.4 is 10.6 Å². The summed E-state index contributed by atoms with van der Waals surface area (Å²) in [4.78, 5) is 39.5. The van der Waals surface area contributed by atoms with Gasteiger partial charge in [0.1, 0.15) is 12.6 Å². The number of carbonyl (C=O) groups excluding carboxylic acids is 3. The van der Waals surface area contributed by atoms with E-state index in [0.717, 1.165) is 31.2 Å². The highest BCUT2D eigenvalue weighted by Crippen LogP contribution is 2.19. The molecule has 1 fully saturated rings. The molecule has 1 aliphatic rings. The van der Waals surface area contributed by atoms with Crippen LogP contribution in [0.15, 0.2) is 30.3 Å². The molecule has 1 heterocycles. The zero-order valence-electron chi connectivity index (χ0n) is 18.4. The highest BCUT2D eigenvalue weighted by molar-refractivity contribution is 5.87. The van der Waals surface area contributed by atoms with Crippen molar-refractivity contribution in [3.63, 3.8) is 0 Å². The Kier molecular flexibility index (Phi) is 9.64. The van der Waals surface area contributed by atoms with Gasteiger partial charge < -0.3 is 20.3 Å². The van der Waals surface area contributed by atoms with Gasteiger partial charge in [-0.2, -0.15) is 0 Å². The third kappa shape index (κ3) is 7.35. The van der Waals surface area contributed by atoms with E-state index in [1.807, 2.05) is 44.2 Å². The molecule has 166 valence electrons. The molecule has 7 heteroatoms. The molecule has 0 spiro atoms. The van der Waals surface area contributed by atoms with E-state index in [1.54, 1.807) is 4.90 Å². The first-order valence-electron chi connectivity index (χ1n) is 11.0. The number of alkyl carbamates (subject to hydrolysis) is 1. The molecule has 1 aromatic carbocycles. The third-order valence-electron chi connectivity index (χ3n) is 5.35. The van der Waals surface area contributed by atoms with Gasteiger partial charge in [-0.25, -0.2) is 4.79 Å². The van der Waals surface area contributed by atoms with Gasteiger partial charge in [-0.1, -0.05) is 57.5 Å². The Balaban J connectivity index is 1.90. The maximum absolute atomic E-state index is 13.1. The Morgan fingerprint density at radius 1 is 1.20 bits per heavy atom. The molecule has 2 atom stereocenters. The molecule has 1 aliphatic heterocycles. The van der Waals surface area contributed by atoms with Gasteiger partial charge in [0.15, 0.2) is 0 Å². The predicted molar refractivity (Wildman–Crippen MR) is 116 cm³/mol. The van der Waals surface area contributed by atoms with Crippen LogP contribution in [0, 0.1) is 11.8 Å². The molecule has 0 bridgehead atoms. The number of rotatable bonds is 9. The number of likely N-dealkylation sites (tertiary alicyclic amines) is 1. The second kappa shape index (κ2) is 12.2. The molecule has 0 aromatic heterocycles. The molecule has 1 aromatic rings. The van der Waals surface area contributed by atoms with Gasteiger partial charge in [-0.15, -0.1) is 0 Å². The minimum absolute atomic E-state index is 0.0114. The predicted octanol–water partition coefficient (Wildman–Crippen LogP) is 3.09. The third-order valence-corrected chi connectivity index (χ3v) is 5.35. The highest BCUT2D eigenvalue weighted by Gasteiger charge is 2.34. The van der Waals surface area contributed by atoms with E-state index in [2.05, 4.69) is 17.6 Å². The van der Waals surface area contributed by atoms with Crippen LogP contribution in [0.25, 0.3) is 0 Å². The monoisotopic (exact) mass is 417 g/mol. The topological polar surface area (TPSA) is 87.7 Å². The van der Waals surface area contributed by atoms with Crippen molar-refractivity contribution in [3.05, 3.63) is 35.9 Å². The fourth-order valence-corrected chi connectivity index (χ4v) is 3.53. The van der Waals surface area contributed by atoms with Gasteiger partial charge in [0, 0.05) is 19.6 Å². The fourth-order valence-electron chi connectivity index (χ4n) is 3.53. The normalized spacial score (nSPS) is 17.3. The van der Waals surface area contributed by atoms with Crippen molar-refractivity contribution < 1.29 is 19.1 Å². The maximum Gasteiger partial charge on any atom is 0.408 e. The van der Waals surface area contributed by atoms with Crippen LogP contribution in [0.2, 0.25) is 0 Å². The average molecular weight is 418 g/mol. The van der Waals surface area contributed by atoms with Crippen LogP contribution in [0.4, 0.5) is 4.79 Å². The van der Waals surface area contributed by atoms with Gasteiger partial charge in [-0.05, 0) is 30.7 Å². The van der Waals surface area contributed by atoms with Crippen LogP contribution in [-0.4, -0.2) is 48.5 Å². The van der Waals surface area contributed by atoms with E-state index >= 15 is 0 Å². The minimum Gasteiger partial charge on any atom is -0.445 e. The number of amides is 3. The lowest BCUT2D eigenvalue weighted by atomic mass is 9.95.